The van der Waals surface area contributed by atoms with E-state index in [1.54, 1.807) is 0 Å². The van der Waals surface area contributed by atoms with Crippen LogP contribution in [0.15, 0.2) is 73.2 Å². The molecule has 2 aromatic carbocycles. The highest BCUT2D eigenvalue weighted by Crippen LogP contribution is 2.32. The van der Waals surface area contributed by atoms with Gasteiger partial charge in [0.2, 0.25) is 0 Å². The molecule has 1 amide bonds. The number of carbonyl (C=O) groups excluding carboxylic acids is 1. The van der Waals surface area contributed by atoms with Crippen molar-refractivity contribution in [2.24, 2.45) is 0 Å². The molecule has 0 radical (unpaired) electrons. The summed E-state index contributed by atoms with van der Waals surface area (Å²) in [5, 5.41) is 5.74. The molecule has 5 aromatic rings. The summed E-state index contributed by atoms with van der Waals surface area (Å²) in [5.41, 5.74) is 7.50. The Morgan fingerprint density at radius 2 is 1.63 bits per heavy atom. The van der Waals surface area contributed by atoms with Crippen LogP contribution in [-0.2, 0) is 4.74 Å². The third-order valence-electron chi connectivity index (χ3n) is 7.56. The number of fused-ring (bicyclic) bond motifs is 2. The van der Waals surface area contributed by atoms with Gasteiger partial charge in [0.25, 0.3) is 0 Å². The summed E-state index contributed by atoms with van der Waals surface area (Å²) >= 11 is 0. The van der Waals surface area contributed by atoms with Gasteiger partial charge in [0.15, 0.2) is 5.65 Å². The van der Waals surface area contributed by atoms with Gasteiger partial charge >= 0.3 is 6.09 Å². The fourth-order valence-electron chi connectivity index (χ4n) is 5.88. The first kappa shape index (κ1) is 26.7. The molecule has 6 rings (SSSR count). The average molecular weight is 549 g/mol. The summed E-state index contributed by atoms with van der Waals surface area (Å²) in [6.07, 6.45) is 5.58. The van der Waals surface area contributed by atoms with Crippen LogP contribution >= 0.6 is 0 Å². The monoisotopic (exact) mass is 548 g/mol. The lowest BCUT2D eigenvalue weighted by molar-refractivity contribution is 0.0193. The van der Waals surface area contributed by atoms with E-state index in [0.29, 0.717) is 13.1 Å². The summed E-state index contributed by atoms with van der Waals surface area (Å²) in [6, 6.07) is 19.1. The van der Waals surface area contributed by atoms with Crippen molar-refractivity contribution in [3.8, 4) is 22.3 Å². The normalized spacial score (nSPS) is 17.8. The van der Waals surface area contributed by atoms with E-state index >= 15 is 0 Å². The number of rotatable bonds is 3. The van der Waals surface area contributed by atoms with Crippen LogP contribution in [0.2, 0.25) is 0 Å². The van der Waals surface area contributed by atoms with Gasteiger partial charge in [-0.1, -0.05) is 30.3 Å². The molecule has 1 saturated heterocycles. The van der Waals surface area contributed by atoms with Crippen molar-refractivity contribution in [2.45, 2.75) is 59.2 Å². The van der Waals surface area contributed by atoms with E-state index in [-0.39, 0.29) is 18.2 Å². The topological polar surface area (TPSA) is 75.9 Å². The van der Waals surface area contributed by atoms with E-state index in [9.17, 15) is 4.79 Å². The second kappa shape index (κ2) is 10.2. The number of hydrogen-bond donors (Lipinski definition) is 0. The highest BCUT2D eigenvalue weighted by molar-refractivity contribution is 5.98. The van der Waals surface area contributed by atoms with Gasteiger partial charge < -0.3 is 14.5 Å². The predicted octanol–water partition coefficient (Wildman–Crippen LogP) is 6.75. The maximum absolute atomic E-state index is 12.7. The second-order valence-electron chi connectivity index (χ2n) is 12.0. The highest BCUT2D eigenvalue weighted by Gasteiger charge is 2.34. The Hall–Kier alpha value is -4.46. The van der Waals surface area contributed by atoms with E-state index in [1.165, 1.54) is 0 Å². The first-order chi connectivity index (χ1) is 19.6. The quantitative estimate of drug-likeness (QED) is 0.248. The van der Waals surface area contributed by atoms with Crippen molar-refractivity contribution in [3.05, 3.63) is 78.9 Å². The van der Waals surface area contributed by atoms with Gasteiger partial charge in [-0.3, -0.25) is 4.98 Å². The van der Waals surface area contributed by atoms with Crippen LogP contribution in [0, 0.1) is 6.92 Å². The molecule has 0 aliphatic carbocycles. The van der Waals surface area contributed by atoms with E-state index in [1.807, 2.05) is 73.9 Å². The Bertz CT molecular complexity index is 1730. The summed E-state index contributed by atoms with van der Waals surface area (Å²) in [5.74, 6) is 0. The van der Waals surface area contributed by atoms with Crippen molar-refractivity contribution in [3.63, 3.8) is 0 Å². The van der Waals surface area contributed by atoms with E-state index in [2.05, 4.69) is 65.2 Å². The summed E-state index contributed by atoms with van der Waals surface area (Å²) in [7, 11) is 0. The Kier molecular flexibility index (Phi) is 6.64. The minimum atomic E-state index is -0.501. The van der Waals surface area contributed by atoms with E-state index in [0.717, 1.165) is 50.2 Å². The third-order valence-corrected chi connectivity index (χ3v) is 7.56. The molecule has 0 saturated carbocycles. The number of carbonyl (C=O) groups is 1. The lowest BCUT2D eigenvalue weighted by Crippen LogP contribution is -2.58. The Labute approximate surface area is 240 Å². The Morgan fingerprint density at radius 1 is 0.927 bits per heavy atom. The highest BCUT2D eigenvalue weighted by atomic mass is 16.6. The predicted molar refractivity (Wildman–Crippen MR) is 163 cm³/mol. The molecule has 0 bridgehead atoms. The standard InChI is InChI=1S/C33H36N6O2/c1-21-15-28(27-9-7-8-10-30(27)36-21)29-17-35-38-20-25(16-34-31(29)38)24-11-13-26(14-12-24)39-22(2)18-37(19-23(39)3)32(40)41-33(4,5)6/h7-17,20,22-23H,18-19H2,1-6H3/t22-,23+. The summed E-state index contributed by atoms with van der Waals surface area (Å²) in [6.45, 7) is 13.3. The molecule has 3 aromatic heterocycles. The molecular formula is C33H36N6O2. The minimum absolute atomic E-state index is 0.158. The largest absolute Gasteiger partial charge is 0.444 e. The number of para-hydroxylation sites is 1. The minimum Gasteiger partial charge on any atom is -0.444 e. The molecular weight excluding hydrogens is 512 g/mol. The molecule has 1 aliphatic heterocycles. The number of anilines is 1. The lowest BCUT2D eigenvalue weighted by atomic mass is 10.0. The summed E-state index contributed by atoms with van der Waals surface area (Å²) < 4.78 is 7.46. The molecule has 2 atom stereocenters. The van der Waals surface area contributed by atoms with Crippen LogP contribution in [-0.4, -0.2) is 61.3 Å². The first-order valence-corrected chi connectivity index (χ1v) is 14.1. The fraction of sp³-hybridized carbons (Fsp3) is 0.333. The van der Waals surface area contributed by atoms with Crippen LogP contribution in [0.3, 0.4) is 0 Å². The zero-order valence-electron chi connectivity index (χ0n) is 24.5. The molecule has 8 heteroatoms. The number of benzene rings is 2. The molecule has 8 nitrogen and oxygen atoms in total. The molecule has 1 fully saturated rings. The van der Waals surface area contributed by atoms with Crippen LogP contribution in [0.5, 0.6) is 0 Å². The lowest BCUT2D eigenvalue weighted by Gasteiger charge is -2.45. The molecule has 41 heavy (non-hydrogen) atoms. The molecule has 4 heterocycles. The Morgan fingerprint density at radius 3 is 2.34 bits per heavy atom. The number of aromatic nitrogens is 4. The maximum Gasteiger partial charge on any atom is 0.410 e. The number of hydrogen-bond acceptors (Lipinski definition) is 6. The number of aryl methyl sites for hydroxylation is 1. The van der Waals surface area contributed by atoms with Crippen molar-refractivity contribution in [1.82, 2.24) is 24.5 Å². The van der Waals surface area contributed by atoms with Gasteiger partial charge in [-0.25, -0.2) is 14.3 Å². The van der Waals surface area contributed by atoms with E-state index in [4.69, 9.17) is 9.72 Å². The average Bonchev–Trinajstić information content (AvgIpc) is 3.35. The SMILES string of the molecule is Cc1cc(-c2cnn3cc(-c4ccc(N5[C@H](C)CN(C(=O)OC(C)(C)C)C[C@@H]5C)cc4)cnc23)c2ccccc2n1. The van der Waals surface area contributed by atoms with Crippen molar-refractivity contribution >= 4 is 28.3 Å². The van der Waals surface area contributed by atoms with Gasteiger partial charge in [0.05, 0.1) is 11.7 Å². The molecule has 0 N–H and O–H groups in total. The van der Waals surface area contributed by atoms with Crippen LogP contribution in [0.4, 0.5) is 10.5 Å². The fourth-order valence-corrected chi connectivity index (χ4v) is 5.88. The number of nitrogens with zero attached hydrogens (tertiary/aromatic N) is 6. The van der Waals surface area contributed by atoms with Crippen molar-refractivity contribution in [1.29, 1.82) is 0 Å². The summed E-state index contributed by atoms with van der Waals surface area (Å²) in [4.78, 5) is 26.4. The molecule has 1 aliphatic rings. The van der Waals surface area contributed by atoms with Gasteiger partial charge in [0.1, 0.15) is 5.60 Å². The zero-order valence-corrected chi connectivity index (χ0v) is 24.5. The van der Waals surface area contributed by atoms with Crippen LogP contribution < -0.4 is 4.90 Å². The van der Waals surface area contributed by atoms with Gasteiger partial charge in [-0.15, -0.1) is 0 Å². The Balaban J connectivity index is 1.23. The first-order valence-electron chi connectivity index (χ1n) is 14.1. The number of ether oxygens (including phenoxy) is 1. The number of amides is 1. The maximum atomic E-state index is 12.7. The van der Waals surface area contributed by atoms with Crippen molar-refractivity contribution in [2.75, 3.05) is 18.0 Å². The van der Waals surface area contributed by atoms with Crippen LogP contribution in [0.1, 0.15) is 40.3 Å². The molecule has 0 spiro atoms. The van der Waals surface area contributed by atoms with E-state index < -0.39 is 5.60 Å². The molecule has 210 valence electrons. The van der Waals surface area contributed by atoms with Gasteiger partial charge in [0, 0.05) is 65.5 Å². The van der Waals surface area contributed by atoms with Crippen LogP contribution in [0.25, 0.3) is 38.8 Å². The number of pyridine rings is 1. The van der Waals surface area contributed by atoms with Gasteiger partial charge in [-0.2, -0.15) is 5.10 Å². The zero-order chi connectivity index (χ0) is 28.9. The third kappa shape index (κ3) is 5.22. The number of piperazine rings is 1. The second-order valence-corrected chi connectivity index (χ2v) is 12.0. The molecule has 0 unspecified atom stereocenters. The smallest absolute Gasteiger partial charge is 0.410 e. The van der Waals surface area contributed by atoms with Crippen molar-refractivity contribution < 1.29 is 9.53 Å². The van der Waals surface area contributed by atoms with Gasteiger partial charge in [-0.05, 0) is 76.9 Å².